The largest absolute Gasteiger partial charge is 0.465 e. The molecule has 1 rings (SSSR count). The van der Waals surface area contributed by atoms with Gasteiger partial charge in [0.2, 0.25) is 0 Å². The van der Waals surface area contributed by atoms with Crippen LogP contribution in [0.2, 0.25) is 0 Å². The molecule has 4 heteroatoms. The number of carbonyl (C=O) groups is 1. The lowest BCUT2D eigenvalue weighted by molar-refractivity contribution is -0.150. The summed E-state index contributed by atoms with van der Waals surface area (Å²) >= 11 is 0. The fourth-order valence-corrected chi connectivity index (χ4v) is 2.16. The highest BCUT2D eigenvalue weighted by Crippen LogP contribution is 2.16. The van der Waals surface area contributed by atoms with Crippen molar-refractivity contribution in [3.05, 3.63) is 0 Å². The number of ether oxygens (including phenoxy) is 2. The zero-order valence-corrected chi connectivity index (χ0v) is 11.2. The summed E-state index contributed by atoms with van der Waals surface area (Å²) < 4.78 is 10.7. The lowest BCUT2D eigenvalue weighted by Gasteiger charge is -2.18. The Hall–Kier alpha value is -0.610. The molecular weight excluding hydrogens is 218 g/mol. The molecule has 100 valence electrons. The van der Waals surface area contributed by atoms with Crippen molar-refractivity contribution >= 4 is 5.97 Å². The van der Waals surface area contributed by atoms with Gasteiger partial charge in [-0.2, -0.15) is 0 Å². The van der Waals surface area contributed by atoms with Crippen LogP contribution < -0.4 is 5.32 Å². The van der Waals surface area contributed by atoms with Gasteiger partial charge in [0.25, 0.3) is 0 Å². The Balaban J connectivity index is 2.31. The third-order valence-electron chi connectivity index (χ3n) is 3.14. The monoisotopic (exact) mass is 243 g/mol. The van der Waals surface area contributed by atoms with E-state index in [9.17, 15) is 4.79 Å². The maximum absolute atomic E-state index is 11.9. The van der Waals surface area contributed by atoms with Crippen molar-refractivity contribution in [1.29, 1.82) is 0 Å². The maximum Gasteiger partial charge on any atom is 0.312 e. The van der Waals surface area contributed by atoms with E-state index in [1.807, 2.05) is 6.92 Å². The summed E-state index contributed by atoms with van der Waals surface area (Å²) in [6.07, 6.45) is 2.23. The highest BCUT2D eigenvalue weighted by Gasteiger charge is 2.34. The fourth-order valence-electron chi connectivity index (χ4n) is 2.16. The third-order valence-corrected chi connectivity index (χ3v) is 3.14. The first kappa shape index (κ1) is 14.5. The van der Waals surface area contributed by atoms with Crippen LogP contribution in [-0.2, 0) is 14.3 Å². The highest BCUT2D eigenvalue weighted by molar-refractivity contribution is 5.73. The zero-order chi connectivity index (χ0) is 12.7. The average molecular weight is 243 g/mol. The van der Waals surface area contributed by atoms with E-state index in [-0.39, 0.29) is 17.9 Å². The molecular formula is C13H25NO3. The number of nitrogens with one attached hydrogen (secondary N) is 1. The molecule has 0 saturated carbocycles. The van der Waals surface area contributed by atoms with Crippen LogP contribution in [0.1, 0.15) is 33.6 Å². The van der Waals surface area contributed by atoms with Crippen LogP contribution in [0.5, 0.6) is 0 Å². The Morgan fingerprint density at radius 3 is 2.88 bits per heavy atom. The molecule has 0 amide bonds. The molecule has 0 aromatic rings. The number of likely N-dealkylation sites (N-methyl/N-ethyl adjacent to an activating group) is 1. The Bertz CT molecular complexity index is 233. The smallest absolute Gasteiger partial charge is 0.312 e. The quantitative estimate of drug-likeness (QED) is 0.690. The second kappa shape index (κ2) is 7.67. The summed E-state index contributed by atoms with van der Waals surface area (Å²) in [5, 5.41) is 3.26. The molecule has 1 aliphatic heterocycles. The standard InChI is InChI=1S/C13H25NO3/c1-4-6-10(3)7-17-13(15)11-8-16-9-12(11)14-5-2/h10-12,14H,4-9H2,1-3H3. The molecule has 1 saturated heterocycles. The van der Waals surface area contributed by atoms with Crippen LogP contribution in [0.4, 0.5) is 0 Å². The SMILES string of the molecule is CCCC(C)COC(=O)C1COCC1NCC. The molecule has 4 nitrogen and oxygen atoms in total. The predicted octanol–water partition coefficient (Wildman–Crippen LogP) is 1.59. The predicted molar refractivity (Wildman–Crippen MR) is 66.8 cm³/mol. The molecule has 0 radical (unpaired) electrons. The van der Waals surface area contributed by atoms with Crippen LogP contribution in [0.15, 0.2) is 0 Å². The van der Waals surface area contributed by atoms with Gasteiger partial charge in [0.05, 0.1) is 25.7 Å². The van der Waals surface area contributed by atoms with Gasteiger partial charge in [-0.3, -0.25) is 4.79 Å². The summed E-state index contributed by atoms with van der Waals surface area (Å²) in [5.74, 6) is 0.198. The van der Waals surface area contributed by atoms with Crippen molar-refractivity contribution in [1.82, 2.24) is 5.32 Å². The molecule has 1 fully saturated rings. The van der Waals surface area contributed by atoms with Crippen molar-refractivity contribution < 1.29 is 14.3 Å². The van der Waals surface area contributed by atoms with Gasteiger partial charge in [-0.1, -0.05) is 27.2 Å². The summed E-state index contributed by atoms with van der Waals surface area (Å²) in [6.45, 7) is 8.76. The number of carbonyl (C=O) groups excluding carboxylic acids is 1. The molecule has 0 aromatic carbocycles. The van der Waals surface area contributed by atoms with E-state index in [2.05, 4.69) is 19.2 Å². The molecule has 1 aliphatic rings. The topological polar surface area (TPSA) is 47.6 Å². The first-order valence-electron chi connectivity index (χ1n) is 6.66. The Kier molecular flexibility index (Phi) is 6.52. The Morgan fingerprint density at radius 1 is 1.47 bits per heavy atom. The number of rotatable bonds is 7. The first-order chi connectivity index (χ1) is 8.19. The molecule has 3 unspecified atom stereocenters. The minimum atomic E-state index is -0.135. The number of esters is 1. The molecule has 1 heterocycles. The zero-order valence-electron chi connectivity index (χ0n) is 11.2. The van der Waals surface area contributed by atoms with Crippen molar-refractivity contribution in [2.45, 2.75) is 39.7 Å². The van der Waals surface area contributed by atoms with Crippen LogP contribution in [-0.4, -0.2) is 38.4 Å². The molecule has 0 aliphatic carbocycles. The second-order valence-electron chi connectivity index (χ2n) is 4.83. The first-order valence-corrected chi connectivity index (χ1v) is 6.66. The minimum absolute atomic E-state index is 0.114. The number of hydrogen-bond donors (Lipinski definition) is 1. The van der Waals surface area contributed by atoms with E-state index in [1.165, 1.54) is 0 Å². The van der Waals surface area contributed by atoms with Crippen molar-refractivity contribution in [2.75, 3.05) is 26.4 Å². The molecule has 1 N–H and O–H groups in total. The maximum atomic E-state index is 11.9. The van der Waals surface area contributed by atoms with Crippen molar-refractivity contribution in [2.24, 2.45) is 11.8 Å². The third kappa shape index (κ3) is 4.64. The molecule has 0 spiro atoms. The van der Waals surface area contributed by atoms with Crippen LogP contribution in [0.3, 0.4) is 0 Å². The van der Waals surface area contributed by atoms with Gasteiger partial charge in [0.1, 0.15) is 0 Å². The van der Waals surface area contributed by atoms with E-state index in [1.54, 1.807) is 0 Å². The van der Waals surface area contributed by atoms with Gasteiger partial charge >= 0.3 is 5.97 Å². The van der Waals surface area contributed by atoms with Gasteiger partial charge in [0, 0.05) is 6.04 Å². The van der Waals surface area contributed by atoms with Crippen LogP contribution >= 0.6 is 0 Å². The van der Waals surface area contributed by atoms with E-state index >= 15 is 0 Å². The van der Waals surface area contributed by atoms with Crippen LogP contribution in [0.25, 0.3) is 0 Å². The van der Waals surface area contributed by atoms with Crippen molar-refractivity contribution in [3.8, 4) is 0 Å². The lowest BCUT2D eigenvalue weighted by atomic mass is 10.0. The second-order valence-corrected chi connectivity index (χ2v) is 4.83. The van der Waals surface area contributed by atoms with Gasteiger partial charge in [0.15, 0.2) is 0 Å². The lowest BCUT2D eigenvalue weighted by Crippen LogP contribution is -2.40. The van der Waals surface area contributed by atoms with Crippen LogP contribution in [0, 0.1) is 11.8 Å². The average Bonchev–Trinajstić information content (AvgIpc) is 2.75. The summed E-state index contributed by atoms with van der Waals surface area (Å²) in [6, 6.07) is 0.119. The van der Waals surface area contributed by atoms with Crippen molar-refractivity contribution in [3.63, 3.8) is 0 Å². The Morgan fingerprint density at radius 2 is 2.24 bits per heavy atom. The molecule has 0 aromatic heterocycles. The van der Waals surface area contributed by atoms with E-state index < -0.39 is 0 Å². The summed E-state index contributed by atoms with van der Waals surface area (Å²) in [5.41, 5.74) is 0. The molecule has 17 heavy (non-hydrogen) atoms. The normalized spacial score (nSPS) is 25.8. The minimum Gasteiger partial charge on any atom is -0.465 e. The number of hydrogen-bond acceptors (Lipinski definition) is 4. The van der Waals surface area contributed by atoms with Gasteiger partial charge in [-0.15, -0.1) is 0 Å². The highest BCUT2D eigenvalue weighted by atomic mass is 16.5. The van der Waals surface area contributed by atoms with E-state index in [4.69, 9.17) is 9.47 Å². The molecule has 0 bridgehead atoms. The summed E-state index contributed by atoms with van der Waals surface area (Å²) in [4.78, 5) is 11.9. The fraction of sp³-hybridized carbons (Fsp3) is 0.923. The summed E-state index contributed by atoms with van der Waals surface area (Å²) in [7, 11) is 0. The van der Waals surface area contributed by atoms with Gasteiger partial charge in [-0.25, -0.2) is 0 Å². The van der Waals surface area contributed by atoms with E-state index in [0.717, 1.165) is 19.4 Å². The van der Waals surface area contributed by atoms with E-state index in [0.29, 0.717) is 25.7 Å². The van der Waals surface area contributed by atoms with Gasteiger partial charge in [-0.05, 0) is 18.9 Å². The Labute approximate surface area is 104 Å². The van der Waals surface area contributed by atoms with Gasteiger partial charge < -0.3 is 14.8 Å². The molecule has 3 atom stereocenters.